The summed E-state index contributed by atoms with van der Waals surface area (Å²) >= 11 is 0. The van der Waals surface area contributed by atoms with E-state index in [0.717, 1.165) is 6.26 Å². The molecule has 0 aliphatic carbocycles. The molecule has 0 aromatic heterocycles. The topological polar surface area (TPSA) is 60.4 Å². The molecule has 0 saturated heterocycles. The molecule has 0 saturated carbocycles. The van der Waals surface area contributed by atoms with E-state index in [-0.39, 0.29) is 11.7 Å². The van der Waals surface area contributed by atoms with Crippen molar-refractivity contribution < 1.29 is 17.9 Å². The van der Waals surface area contributed by atoms with Gasteiger partial charge in [0.15, 0.2) is 9.84 Å². The van der Waals surface area contributed by atoms with E-state index < -0.39 is 21.9 Å². The molecule has 0 heterocycles. The highest BCUT2D eigenvalue weighted by molar-refractivity contribution is 7.90. The molecule has 18 heavy (non-hydrogen) atoms. The smallest absolute Gasteiger partial charge is 0.309 e. The fourth-order valence-electron chi connectivity index (χ4n) is 1.42. The van der Waals surface area contributed by atoms with Gasteiger partial charge in [-0.05, 0) is 5.56 Å². The van der Waals surface area contributed by atoms with Crippen LogP contribution < -0.4 is 0 Å². The predicted octanol–water partition coefficient (Wildman–Crippen LogP) is 1.97. The highest BCUT2D eigenvalue weighted by Gasteiger charge is 2.22. The quantitative estimate of drug-likeness (QED) is 0.767. The van der Waals surface area contributed by atoms with Crippen LogP contribution in [0, 0.1) is 5.92 Å². The van der Waals surface area contributed by atoms with Crippen molar-refractivity contribution in [2.75, 3.05) is 12.0 Å². The van der Waals surface area contributed by atoms with E-state index in [9.17, 15) is 13.2 Å². The Hall–Kier alpha value is -1.36. The molecular formula is C13H18O4S. The van der Waals surface area contributed by atoms with Gasteiger partial charge in [-0.25, -0.2) is 8.42 Å². The fourth-order valence-corrected chi connectivity index (χ4v) is 2.23. The molecule has 0 bridgehead atoms. The first-order valence-corrected chi connectivity index (χ1v) is 7.79. The highest BCUT2D eigenvalue weighted by Crippen LogP contribution is 2.20. The largest absolute Gasteiger partial charge is 0.456 e. The molecule has 0 N–H and O–H groups in total. The Morgan fingerprint density at radius 1 is 1.22 bits per heavy atom. The van der Waals surface area contributed by atoms with E-state index in [2.05, 4.69) is 0 Å². The number of ether oxygens (including phenoxy) is 1. The van der Waals surface area contributed by atoms with Gasteiger partial charge in [0.05, 0.1) is 11.7 Å². The minimum absolute atomic E-state index is 0.199. The van der Waals surface area contributed by atoms with Crippen molar-refractivity contribution in [2.45, 2.75) is 20.0 Å². The van der Waals surface area contributed by atoms with Gasteiger partial charge in [0.25, 0.3) is 0 Å². The van der Waals surface area contributed by atoms with Gasteiger partial charge in [-0.15, -0.1) is 0 Å². The van der Waals surface area contributed by atoms with Crippen molar-refractivity contribution >= 4 is 15.8 Å². The summed E-state index contributed by atoms with van der Waals surface area (Å²) in [7, 11) is -3.22. The Morgan fingerprint density at radius 2 is 1.78 bits per heavy atom. The van der Waals surface area contributed by atoms with Gasteiger partial charge in [0, 0.05) is 6.26 Å². The zero-order valence-electron chi connectivity index (χ0n) is 10.8. The summed E-state index contributed by atoms with van der Waals surface area (Å²) in [6, 6.07) is 8.90. The first-order chi connectivity index (χ1) is 8.29. The Bertz CT molecular complexity index is 491. The second-order valence-corrected chi connectivity index (χ2v) is 6.77. The van der Waals surface area contributed by atoms with Gasteiger partial charge in [0.1, 0.15) is 6.10 Å². The van der Waals surface area contributed by atoms with Crippen molar-refractivity contribution in [1.82, 2.24) is 0 Å². The molecule has 0 aliphatic rings. The van der Waals surface area contributed by atoms with Gasteiger partial charge < -0.3 is 4.74 Å². The molecule has 4 nitrogen and oxygen atoms in total. The van der Waals surface area contributed by atoms with E-state index in [1.807, 2.05) is 6.07 Å². The third-order valence-corrected chi connectivity index (χ3v) is 3.26. The van der Waals surface area contributed by atoms with Crippen LogP contribution in [0.25, 0.3) is 0 Å². The van der Waals surface area contributed by atoms with Gasteiger partial charge in [0.2, 0.25) is 0 Å². The standard InChI is InChI=1S/C13H18O4S/c1-10(2)13(14)17-12(9-18(3,15)16)11-7-5-4-6-8-11/h4-8,10,12H,9H2,1-3H3. The maximum absolute atomic E-state index is 11.6. The minimum atomic E-state index is -3.22. The summed E-state index contributed by atoms with van der Waals surface area (Å²) in [6.07, 6.45) is 0.391. The average molecular weight is 270 g/mol. The van der Waals surface area contributed by atoms with Gasteiger partial charge in [-0.2, -0.15) is 0 Å². The molecule has 1 atom stereocenters. The summed E-state index contributed by atoms with van der Waals surface area (Å²) in [4.78, 5) is 11.6. The van der Waals surface area contributed by atoms with E-state index in [1.54, 1.807) is 38.1 Å². The minimum Gasteiger partial charge on any atom is -0.456 e. The predicted molar refractivity (Wildman–Crippen MR) is 69.8 cm³/mol. The zero-order valence-corrected chi connectivity index (χ0v) is 11.6. The Morgan fingerprint density at radius 3 is 2.22 bits per heavy atom. The number of carbonyl (C=O) groups is 1. The van der Waals surface area contributed by atoms with Crippen molar-refractivity contribution in [2.24, 2.45) is 5.92 Å². The third-order valence-electron chi connectivity index (χ3n) is 2.36. The second-order valence-electron chi connectivity index (χ2n) is 4.58. The average Bonchev–Trinajstić information content (AvgIpc) is 2.27. The number of sulfone groups is 1. The van der Waals surface area contributed by atoms with Gasteiger partial charge >= 0.3 is 5.97 Å². The fraction of sp³-hybridized carbons (Fsp3) is 0.462. The van der Waals surface area contributed by atoms with Crippen LogP contribution in [-0.4, -0.2) is 26.4 Å². The maximum Gasteiger partial charge on any atom is 0.309 e. The van der Waals surface area contributed by atoms with E-state index in [1.165, 1.54) is 0 Å². The van der Waals surface area contributed by atoms with Crippen molar-refractivity contribution in [3.05, 3.63) is 35.9 Å². The molecule has 0 aliphatic heterocycles. The van der Waals surface area contributed by atoms with Crippen LogP contribution in [0.3, 0.4) is 0 Å². The maximum atomic E-state index is 11.6. The van der Waals surface area contributed by atoms with Crippen molar-refractivity contribution in [3.8, 4) is 0 Å². The summed E-state index contributed by atoms with van der Waals surface area (Å²) in [5.41, 5.74) is 0.692. The molecule has 1 unspecified atom stereocenters. The first kappa shape index (κ1) is 14.7. The number of hydrogen-bond donors (Lipinski definition) is 0. The van der Waals surface area contributed by atoms with Gasteiger partial charge in [-0.1, -0.05) is 44.2 Å². The Kier molecular flexibility index (Phi) is 4.90. The zero-order chi connectivity index (χ0) is 13.8. The van der Waals surface area contributed by atoms with Crippen LogP contribution in [-0.2, 0) is 19.4 Å². The van der Waals surface area contributed by atoms with Crippen LogP contribution in [0.1, 0.15) is 25.5 Å². The third kappa shape index (κ3) is 4.87. The number of rotatable bonds is 5. The van der Waals surface area contributed by atoms with E-state index in [0.29, 0.717) is 5.56 Å². The summed E-state index contributed by atoms with van der Waals surface area (Å²) < 4.78 is 28.0. The molecule has 0 radical (unpaired) electrons. The second kappa shape index (κ2) is 6.00. The number of hydrogen-bond acceptors (Lipinski definition) is 4. The number of carbonyl (C=O) groups excluding carboxylic acids is 1. The highest BCUT2D eigenvalue weighted by atomic mass is 32.2. The number of esters is 1. The van der Waals surface area contributed by atoms with Crippen LogP contribution in [0.4, 0.5) is 0 Å². The van der Waals surface area contributed by atoms with Crippen LogP contribution in [0.5, 0.6) is 0 Å². The normalized spacial score (nSPS) is 13.3. The molecule has 0 fully saturated rings. The van der Waals surface area contributed by atoms with Crippen molar-refractivity contribution in [1.29, 1.82) is 0 Å². The lowest BCUT2D eigenvalue weighted by molar-refractivity contribution is -0.152. The Balaban J connectivity index is 2.93. The lowest BCUT2D eigenvalue weighted by atomic mass is 10.1. The summed E-state index contributed by atoms with van der Waals surface area (Å²) in [6.45, 7) is 3.43. The Labute approximate surface area is 108 Å². The first-order valence-electron chi connectivity index (χ1n) is 5.73. The molecule has 0 spiro atoms. The van der Waals surface area contributed by atoms with Gasteiger partial charge in [-0.3, -0.25) is 4.79 Å². The molecule has 100 valence electrons. The molecular weight excluding hydrogens is 252 g/mol. The summed E-state index contributed by atoms with van der Waals surface area (Å²) in [5, 5.41) is 0. The molecule has 5 heteroatoms. The van der Waals surface area contributed by atoms with Crippen LogP contribution in [0.2, 0.25) is 0 Å². The lowest BCUT2D eigenvalue weighted by Gasteiger charge is -2.18. The molecule has 1 aromatic carbocycles. The molecule has 1 rings (SSSR count). The monoisotopic (exact) mass is 270 g/mol. The van der Waals surface area contributed by atoms with E-state index in [4.69, 9.17) is 4.74 Å². The van der Waals surface area contributed by atoms with Crippen molar-refractivity contribution in [3.63, 3.8) is 0 Å². The SMILES string of the molecule is CC(C)C(=O)OC(CS(C)(=O)=O)c1ccccc1. The van der Waals surface area contributed by atoms with E-state index >= 15 is 0 Å². The van der Waals surface area contributed by atoms with Crippen LogP contribution >= 0.6 is 0 Å². The molecule has 1 aromatic rings. The number of benzene rings is 1. The van der Waals surface area contributed by atoms with Crippen LogP contribution in [0.15, 0.2) is 30.3 Å². The summed E-state index contributed by atoms with van der Waals surface area (Å²) in [5.74, 6) is -0.876. The lowest BCUT2D eigenvalue weighted by Crippen LogP contribution is -2.22. The molecule has 0 amide bonds.